The first kappa shape index (κ1) is 14.3. The van der Waals surface area contributed by atoms with Gasteiger partial charge in [0.05, 0.1) is 18.1 Å². The predicted octanol–water partition coefficient (Wildman–Crippen LogP) is 1.51. The van der Waals surface area contributed by atoms with Crippen LogP contribution >= 0.6 is 0 Å². The number of hydrogen-bond acceptors (Lipinski definition) is 5. The van der Waals surface area contributed by atoms with E-state index in [-0.39, 0.29) is 29.0 Å². The molecule has 0 aromatic heterocycles. The molecule has 1 aromatic carbocycles. The van der Waals surface area contributed by atoms with Crippen LogP contribution in [0.2, 0.25) is 0 Å². The highest BCUT2D eigenvalue weighted by atomic mass is 16.6. The van der Waals surface area contributed by atoms with Crippen LogP contribution < -0.4 is 10.1 Å². The van der Waals surface area contributed by atoms with Gasteiger partial charge in [0.1, 0.15) is 0 Å². The third-order valence-corrected chi connectivity index (χ3v) is 3.15. The van der Waals surface area contributed by atoms with Gasteiger partial charge in [0.25, 0.3) is 5.91 Å². The number of amides is 1. The average Bonchev–Trinajstić information content (AvgIpc) is 2.97. The van der Waals surface area contributed by atoms with Gasteiger partial charge in [-0.15, -0.1) is 0 Å². The number of nitro groups is 1. The van der Waals surface area contributed by atoms with E-state index in [4.69, 9.17) is 9.47 Å². The highest BCUT2D eigenvalue weighted by Gasteiger charge is 2.20. The number of carbonyl (C=O) groups is 1. The van der Waals surface area contributed by atoms with Crippen molar-refractivity contribution >= 4 is 11.6 Å². The number of benzene rings is 1. The van der Waals surface area contributed by atoms with Gasteiger partial charge in [0.2, 0.25) is 0 Å². The van der Waals surface area contributed by atoms with E-state index in [0.29, 0.717) is 13.2 Å². The lowest BCUT2D eigenvalue weighted by atomic mass is 10.1. The van der Waals surface area contributed by atoms with Crippen LogP contribution in [-0.2, 0) is 4.74 Å². The van der Waals surface area contributed by atoms with Gasteiger partial charge in [-0.3, -0.25) is 14.9 Å². The largest absolute Gasteiger partial charge is 0.490 e. The Balaban J connectivity index is 2.05. The van der Waals surface area contributed by atoms with E-state index in [1.54, 1.807) is 0 Å². The van der Waals surface area contributed by atoms with Crippen molar-refractivity contribution < 1.29 is 19.2 Å². The first-order valence-corrected chi connectivity index (χ1v) is 6.34. The molecule has 1 heterocycles. The van der Waals surface area contributed by atoms with Crippen molar-refractivity contribution in [2.24, 2.45) is 0 Å². The summed E-state index contributed by atoms with van der Waals surface area (Å²) in [5, 5.41) is 13.6. The average molecular weight is 280 g/mol. The van der Waals surface area contributed by atoms with Crippen LogP contribution in [0.15, 0.2) is 18.2 Å². The van der Waals surface area contributed by atoms with Crippen molar-refractivity contribution in [3.63, 3.8) is 0 Å². The Morgan fingerprint density at radius 3 is 3.00 bits per heavy atom. The summed E-state index contributed by atoms with van der Waals surface area (Å²) in [4.78, 5) is 22.3. The summed E-state index contributed by atoms with van der Waals surface area (Å²) in [6.07, 6.45) is 1.95. The van der Waals surface area contributed by atoms with Gasteiger partial charge in [0.15, 0.2) is 5.75 Å². The summed E-state index contributed by atoms with van der Waals surface area (Å²) in [5.74, 6) is -0.225. The van der Waals surface area contributed by atoms with Crippen LogP contribution in [0.4, 0.5) is 5.69 Å². The van der Waals surface area contributed by atoms with Crippen LogP contribution in [0.3, 0.4) is 0 Å². The molecule has 1 aliphatic heterocycles. The highest BCUT2D eigenvalue weighted by molar-refractivity contribution is 5.95. The molecule has 1 atom stereocenters. The molecule has 1 N–H and O–H groups in total. The summed E-state index contributed by atoms with van der Waals surface area (Å²) < 4.78 is 10.3. The number of carbonyl (C=O) groups excluding carboxylic acids is 1. The molecule has 1 saturated heterocycles. The van der Waals surface area contributed by atoms with Crippen molar-refractivity contribution in [1.29, 1.82) is 0 Å². The van der Waals surface area contributed by atoms with Gasteiger partial charge < -0.3 is 14.8 Å². The molecule has 0 aliphatic carbocycles. The van der Waals surface area contributed by atoms with Crippen molar-refractivity contribution in [3.8, 4) is 5.75 Å². The van der Waals surface area contributed by atoms with Crippen LogP contribution in [-0.4, -0.2) is 37.2 Å². The molecule has 1 fully saturated rings. The smallest absolute Gasteiger partial charge is 0.311 e. The van der Waals surface area contributed by atoms with Crippen molar-refractivity contribution in [2.75, 3.05) is 20.3 Å². The fourth-order valence-corrected chi connectivity index (χ4v) is 2.09. The molecule has 0 bridgehead atoms. The minimum Gasteiger partial charge on any atom is -0.490 e. The molecule has 7 nitrogen and oxygen atoms in total. The quantitative estimate of drug-likeness (QED) is 0.652. The summed E-state index contributed by atoms with van der Waals surface area (Å²) in [6, 6.07) is 4.12. The first-order valence-electron chi connectivity index (χ1n) is 6.34. The molecule has 0 radical (unpaired) electrons. The van der Waals surface area contributed by atoms with Crippen LogP contribution in [0.1, 0.15) is 23.2 Å². The van der Waals surface area contributed by atoms with E-state index in [1.165, 1.54) is 25.3 Å². The SMILES string of the molecule is COc1ccc(C(=O)NC[C@H]2CCCO2)cc1[N+](=O)[O-]. The lowest BCUT2D eigenvalue weighted by molar-refractivity contribution is -0.385. The second-order valence-corrected chi connectivity index (χ2v) is 4.49. The van der Waals surface area contributed by atoms with E-state index < -0.39 is 4.92 Å². The van der Waals surface area contributed by atoms with Crippen molar-refractivity contribution in [1.82, 2.24) is 5.32 Å². The Bertz CT molecular complexity index is 511. The molecule has 1 amide bonds. The summed E-state index contributed by atoms with van der Waals surface area (Å²) in [6.45, 7) is 1.13. The van der Waals surface area contributed by atoms with E-state index in [2.05, 4.69) is 5.32 Å². The summed E-state index contributed by atoms with van der Waals surface area (Å²) >= 11 is 0. The van der Waals surface area contributed by atoms with Crippen molar-refractivity contribution in [2.45, 2.75) is 18.9 Å². The molecule has 20 heavy (non-hydrogen) atoms. The maximum Gasteiger partial charge on any atom is 0.311 e. The Kier molecular flexibility index (Phi) is 4.52. The zero-order chi connectivity index (χ0) is 14.5. The zero-order valence-electron chi connectivity index (χ0n) is 11.1. The molecule has 7 heteroatoms. The maximum absolute atomic E-state index is 11.9. The predicted molar refractivity (Wildman–Crippen MR) is 71.0 cm³/mol. The second kappa shape index (κ2) is 6.33. The number of rotatable bonds is 5. The molecule has 108 valence electrons. The normalized spacial score (nSPS) is 17.8. The number of hydrogen-bond donors (Lipinski definition) is 1. The Morgan fingerprint density at radius 1 is 1.60 bits per heavy atom. The lowest BCUT2D eigenvalue weighted by Gasteiger charge is -2.11. The van der Waals surface area contributed by atoms with Gasteiger partial charge in [-0.1, -0.05) is 0 Å². The molecule has 2 rings (SSSR count). The highest BCUT2D eigenvalue weighted by Crippen LogP contribution is 2.27. The zero-order valence-corrected chi connectivity index (χ0v) is 11.1. The van der Waals surface area contributed by atoms with E-state index in [0.717, 1.165) is 12.8 Å². The van der Waals surface area contributed by atoms with Gasteiger partial charge in [0, 0.05) is 24.8 Å². The van der Waals surface area contributed by atoms with Gasteiger partial charge >= 0.3 is 5.69 Å². The number of nitro benzene ring substituents is 1. The lowest BCUT2D eigenvalue weighted by Crippen LogP contribution is -2.31. The third kappa shape index (κ3) is 3.24. The van der Waals surface area contributed by atoms with Gasteiger partial charge in [-0.05, 0) is 25.0 Å². The summed E-state index contributed by atoms with van der Waals surface area (Å²) in [7, 11) is 1.35. The molecule has 1 aliphatic rings. The van der Waals surface area contributed by atoms with E-state index >= 15 is 0 Å². The minimum absolute atomic E-state index is 0.0344. The number of nitrogens with one attached hydrogen (secondary N) is 1. The molecular weight excluding hydrogens is 264 g/mol. The van der Waals surface area contributed by atoms with Gasteiger partial charge in [-0.2, -0.15) is 0 Å². The summed E-state index contributed by atoms with van der Waals surface area (Å²) in [5.41, 5.74) is 0.00719. The fraction of sp³-hybridized carbons (Fsp3) is 0.462. The van der Waals surface area contributed by atoms with E-state index in [9.17, 15) is 14.9 Å². The molecular formula is C13H16N2O5. The standard InChI is InChI=1S/C13H16N2O5/c1-19-12-5-4-9(7-11(12)15(17)18)13(16)14-8-10-3-2-6-20-10/h4-5,7,10H,2-3,6,8H2,1H3,(H,14,16)/t10-/m1/s1. The van der Waals surface area contributed by atoms with Crippen LogP contribution in [0.25, 0.3) is 0 Å². The van der Waals surface area contributed by atoms with Crippen LogP contribution in [0.5, 0.6) is 5.75 Å². The number of nitrogens with zero attached hydrogens (tertiary/aromatic N) is 1. The molecule has 0 saturated carbocycles. The molecule has 1 aromatic rings. The maximum atomic E-state index is 11.9. The molecule has 0 spiro atoms. The topological polar surface area (TPSA) is 90.7 Å². The number of ether oxygens (including phenoxy) is 2. The van der Waals surface area contributed by atoms with Crippen LogP contribution in [0, 0.1) is 10.1 Å². The Morgan fingerprint density at radius 2 is 2.40 bits per heavy atom. The minimum atomic E-state index is -0.574. The van der Waals surface area contributed by atoms with Gasteiger partial charge in [-0.25, -0.2) is 0 Å². The Hall–Kier alpha value is -2.15. The fourth-order valence-electron chi connectivity index (χ4n) is 2.09. The number of methoxy groups -OCH3 is 1. The Labute approximate surface area is 116 Å². The first-order chi connectivity index (χ1) is 9.61. The molecule has 0 unspecified atom stereocenters. The van der Waals surface area contributed by atoms with E-state index in [1.807, 2.05) is 0 Å². The second-order valence-electron chi connectivity index (χ2n) is 4.49. The van der Waals surface area contributed by atoms with Crippen molar-refractivity contribution in [3.05, 3.63) is 33.9 Å². The monoisotopic (exact) mass is 280 g/mol. The third-order valence-electron chi connectivity index (χ3n) is 3.15.